The van der Waals surface area contributed by atoms with Crippen molar-refractivity contribution in [1.29, 1.82) is 0 Å². The number of hydrogen-bond acceptors (Lipinski definition) is 3. The van der Waals surface area contributed by atoms with Gasteiger partial charge in [-0.2, -0.15) is 0 Å². The molecule has 0 amide bonds. The van der Waals surface area contributed by atoms with Gasteiger partial charge in [-0.1, -0.05) is 34.1 Å². The van der Waals surface area contributed by atoms with Gasteiger partial charge in [-0.3, -0.25) is 9.69 Å². The summed E-state index contributed by atoms with van der Waals surface area (Å²) in [6.45, 7) is 3.63. The summed E-state index contributed by atoms with van der Waals surface area (Å²) in [5.41, 5.74) is 0.790. The molecule has 3 nitrogen and oxygen atoms in total. The molecule has 1 heterocycles. The molecule has 1 unspecified atom stereocenters. The topological polar surface area (TPSA) is 32.3 Å². The zero-order chi connectivity index (χ0) is 13.7. The molecule has 0 radical (unpaired) electrons. The van der Waals surface area contributed by atoms with Crippen molar-refractivity contribution >= 4 is 21.7 Å². The van der Waals surface area contributed by atoms with E-state index in [-0.39, 0.29) is 5.78 Å². The van der Waals surface area contributed by atoms with Crippen LogP contribution in [0.4, 0.5) is 0 Å². The molecule has 1 aliphatic heterocycles. The van der Waals surface area contributed by atoms with E-state index in [4.69, 9.17) is 0 Å². The van der Waals surface area contributed by atoms with Crippen LogP contribution < -0.4 is 5.32 Å². The molecular weight excluding hydrogens is 304 g/mol. The van der Waals surface area contributed by atoms with Crippen molar-refractivity contribution in [2.45, 2.75) is 12.8 Å². The Labute approximate surface area is 123 Å². The van der Waals surface area contributed by atoms with Crippen LogP contribution in [-0.4, -0.2) is 43.9 Å². The van der Waals surface area contributed by atoms with Crippen molar-refractivity contribution in [3.05, 3.63) is 34.3 Å². The minimum absolute atomic E-state index is 0.206. The van der Waals surface area contributed by atoms with E-state index in [1.807, 2.05) is 31.3 Å². The molecule has 19 heavy (non-hydrogen) atoms. The number of hydrogen-bond donors (Lipinski definition) is 1. The zero-order valence-electron chi connectivity index (χ0n) is 11.4. The lowest BCUT2D eigenvalue weighted by atomic mass is 9.97. The van der Waals surface area contributed by atoms with Gasteiger partial charge in [-0.05, 0) is 45.0 Å². The van der Waals surface area contributed by atoms with Gasteiger partial charge in [0.25, 0.3) is 0 Å². The molecule has 0 aromatic heterocycles. The van der Waals surface area contributed by atoms with E-state index >= 15 is 0 Å². The fourth-order valence-electron chi connectivity index (χ4n) is 2.73. The highest BCUT2D eigenvalue weighted by Crippen LogP contribution is 2.19. The molecule has 1 aromatic rings. The molecule has 1 atom stereocenters. The number of likely N-dealkylation sites (tertiary alicyclic amines) is 1. The van der Waals surface area contributed by atoms with Gasteiger partial charge in [0.2, 0.25) is 0 Å². The molecule has 1 aromatic carbocycles. The van der Waals surface area contributed by atoms with Crippen molar-refractivity contribution in [2.75, 3.05) is 33.2 Å². The normalized spacial score (nSPS) is 20.4. The SMILES string of the molecule is CNCC1CCCN(CC(=O)c2ccccc2Br)C1. The molecule has 1 N–H and O–H groups in total. The molecule has 4 heteroatoms. The maximum atomic E-state index is 12.3. The molecule has 2 rings (SSSR count). The number of nitrogens with one attached hydrogen (secondary N) is 1. The molecule has 1 saturated heterocycles. The van der Waals surface area contributed by atoms with Crippen LogP contribution in [0.25, 0.3) is 0 Å². The molecule has 0 aliphatic carbocycles. The van der Waals surface area contributed by atoms with Gasteiger partial charge in [0.05, 0.1) is 6.54 Å². The first-order chi connectivity index (χ1) is 9.20. The predicted octanol–water partition coefficient (Wildman–Crippen LogP) is 2.56. The predicted molar refractivity (Wildman–Crippen MR) is 81.6 cm³/mol. The molecule has 0 saturated carbocycles. The average molecular weight is 325 g/mol. The molecule has 104 valence electrons. The first-order valence-electron chi connectivity index (χ1n) is 6.85. The second kappa shape index (κ2) is 7.17. The number of nitrogens with zero attached hydrogens (tertiary/aromatic N) is 1. The summed E-state index contributed by atoms with van der Waals surface area (Å²) in [6, 6.07) is 7.66. The maximum absolute atomic E-state index is 12.3. The van der Waals surface area contributed by atoms with Crippen LogP contribution in [0.1, 0.15) is 23.2 Å². The van der Waals surface area contributed by atoms with E-state index in [0.717, 1.165) is 29.7 Å². The van der Waals surface area contributed by atoms with Crippen molar-refractivity contribution in [3.8, 4) is 0 Å². The van der Waals surface area contributed by atoms with Crippen LogP contribution >= 0.6 is 15.9 Å². The van der Waals surface area contributed by atoms with E-state index in [0.29, 0.717) is 12.5 Å². The first kappa shape index (κ1) is 14.7. The van der Waals surface area contributed by atoms with E-state index in [1.165, 1.54) is 12.8 Å². The molecular formula is C15H21BrN2O. The minimum Gasteiger partial charge on any atom is -0.319 e. The monoisotopic (exact) mass is 324 g/mol. The molecule has 0 bridgehead atoms. The third-order valence-corrected chi connectivity index (χ3v) is 4.33. The van der Waals surface area contributed by atoms with Crippen LogP contribution in [-0.2, 0) is 0 Å². The summed E-state index contributed by atoms with van der Waals surface area (Å²) in [6.07, 6.45) is 2.45. The average Bonchev–Trinajstić information content (AvgIpc) is 2.40. The lowest BCUT2D eigenvalue weighted by Gasteiger charge is -2.32. The summed E-state index contributed by atoms with van der Waals surface area (Å²) in [4.78, 5) is 14.6. The standard InChI is InChI=1S/C15H21BrN2O/c1-17-9-12-5-4-8-18(10-12)11-15(19)13-6-2-3-7-14(13)16/h2-3,6-7,12,17H,4-5,8-11H2,1H3. The Bertz CT molecular complexity index is 434. The van der Waals surface area contributed by atoms with Crippen molar-refractivity contribution < 1.29 is 4.79 Å². The Morgan fingerprint density at radius 3 is 3.00 bits per heavy atom. The van der Waals surface area contributed by atoms with E-state index in [1.54, 1.807) is 0 Å². The summed E-state index contributed by atoms with van der Waals surface area (Å²) in [5.74, 6) is 0.878. The smallest absolute Gasteiger partial charge is 0.177 e. The van der Waals surface area contributed by atoms with Gasteiger partial charge >= 0.3 is 0 Å². The van der Waals surface area contributed by atoms with Crippen molar-refractivity contribution in [2.24, 2.45) is 5.92 Å². The van der Waals surface area contributed by atoms with Crippen LogP contribution in [0, 0.1) is 5.92 Å². The Hall–Kier alpha value is -0.710. The van der Waals surface area contributed by atoms with Gasteiger partial charge in [0, 0.05) is 16.6 Å². The van der Waals surface area contributed by atoms with Crippen LogP contribution in [0.15, 0.2) is 28.7 Å². The number of halogens is 1. The number of rotatable bonds is 5. The number of Topliss-reactive ketones (excluding diaryl/α,β-unsaturated/α-hetero) is 1. The number of ketones is 1. The van der Waals surface area contributed by atoms with Crippen molar-refractivity contribution in [3.63, 3.8) is 0 Å². The lowest BCUT2D eigenvalue weighted by Crippen LogP contribution is -2.41. The van der Waals surface area contributed by atoms with Gasteiger partial charge in [0.15, 0.2) is 5.78 Å². The summed E-state index contributed by atoms with van der Waals surface area (Å²) < 4.78 is 0.892. The third-order valence-electron chi connectivity index (χ3n) is 3.64. The van der Waals surface area contributed by atoms with Gasteiger partial charge < -0.3 is 5.32 Å². The van der Waals surface area contributed by atoms with Crippen molar-refractivity contribution in [1.82, 2.24) is 10.2 Å². The highest BCUT2D eigenvalue weighted by atomic mass is 79.9. The molecule has 0 spiro atoms. The van der Waals surface area contributed by atoms with E-state index < -0.39 is 0 Å². The maximum Gasteiger partial charge on any atom is 0.177 e. The molecule has 1 aliphatic rings. The van der Waals surface area contributed by atoms with Crippen LogP contribution in [0.5, 0.6) is 0 Å². The third kappa shape index (κ3) is 4.13. The first-order valence-corrected chi connectivity index (χ1v) is 7.64. The lowest BCUT2D eigenvalue weighted by molar-refractivity contribution is 0.0886. The second-order valence-corrected chi connectivity index (χ2v) is 6.06. The summed E-state index contributed by atoms with van der Waals surface area (Å²) in [5, 5.41) is 3.23. The number of carbonyl (C=O) groups is 1. The fraction of sp³-hybridized carbons (Fsp3) is 0.533. The second-order valence-electron chi connectivity index (χ2n) is 5.20. The highest BCUT2D eigenvalue weighted by Gasteiger charge is 2.22. The zero-order valence-corrected chi connectivity index (χ0v) is 12.9. The molecule has 1 fully saturated rings. The Balaban J connectivity index is 1.93. The van der Waals surface area contributed by atoms with Gasteiger partial charge in [-0.25, -0.2) is 0 Å². The quantitative estimate of drug-likeness (QED) is 0.845. The minimum atomic E-state index is 0.206. The van der Waals surface area contributed by atoms with E-state index in [2.05, 4.69) is 26.1 Å². The summed E-state index contributed by atoms with van der Waals surface area (Å²) in [7, 11) is 1.99. The largest absolute Gasteiger partial charge is 0.319 e. The fourth-order valence-corrected chi connectivity index (χ4v) is 3.23. The van der Waals surface area contributed by atoms with Crippen LogP contribution in [0.2, 0.25) is 0 Å². The van der Waals surface area contributed by atoms with E-state index in [9.17, 15) is 4.79 Å². The van der Waals surface area contributed by atoms with Gasteiger partial charge in [0.1, 0.15) is 0 Å². The number of piperidine rings is 1. The Morgan fingerprint density at radius 2 is 2.26 bits per heavy atom. The number of carbonyl (C=O) groups excluding carboxylic acids is 1. The number of benzene rings is 1. The van der Waals surface area contributed by atoms with Gasteiger partial charge in [-0.15, -0.1) is 0 Å². The van der Waals surface area contributed by atoms with Crippen LogP contribution in [0.3, 0.4) is 0 Å². The highest BCUT2D eigenvalue weighted by molar-refractivity contribution is 9.10. The Morgan fingerprint density at radius 1 is 1.47 bits per heavy atom. The summed E-state index contributed by atoms with van der Waals surface area (Å²) >= 11 is 3.45. The Kier molecular flexibility index (Phi) is 5.55.